The van der Waals surface area contributed by atoms with Crippen LogP contribution in [-0.4, -0.2) is 26.7 Å². The minimum Gasteiger partial charge on any atom is -0.507 e. The fourth-order valence-corrected chi connectivity index (χ4v) is 6.29. The van der Waals surface area contributed by atoms with E-state index in [1.54, 1.807) is 12.1 Å². The average Bonchev–Trinajstić information content (AvgIpc) is 3.59. The minimum atomic E-state index is 0.188. The lowest BCUT2D eigenvalue weighted by molar-refractivity contribution is 0.384. The number of imidazole rings is 1. The summed E-state index contributed by atoms with van der Waals surface area (Å²) < 4.78 is 2.69. The lowest BCUT2D eigenvalue weighted by Crippen LogP contribution is -2.17. The molecule has 0 amide bonds. The van der Waals surface area contributed by atoms with Gasteiger partial charge in [0.05, 0.1) is 5.69 Å². The summed E-state index contributed by atoms with van der Waals surface area (Å²) in [6, 6.07) is 30.4. The van der Waals surface area contributed by atoms with Crippen LogP contribution in [0.4, 0.5) is 17.2 Å². The Morgan fingerprint density at radius 3 is 2.39 bits per heavy atom. The van der Waals surface area contributed by atoms with Crippen molar-refractivity contribution in [3.63, 3.8) is 0 Å². The van der Waals surface area contributed by atoms with E-state index in [1.165, 1.54) is 11.1 Å². The van der Waals surface area contributed by atoms with Gasteiger partial charge >= 0.3 is 0 Å². The van der Waals surface area contributed by atoms with E-state index in [0.717, 1.165) is 57.2 Å². The van der Waals surface area contributed by atoms with Crippen LogP contribution in [0.1, 0.15) is 48.3 Å². The topological polar surface area (TPSA) is 74.8 Å². The van der Waals surface area contributed by atoms with Crippen molar-refractivity contribution in [1.82, 2.24) is 9.66 Å². The molecule has 2 aliphatic heterocycles. The van der Waals surface area contributed by atoms with Gasteiger partial charge in [0.1, 0.15) is 17.3 Å². The fraction of sp³-hybridized carbons (Fsp3) is 0.205. The van der Waals surface area contributed by atoms with Gasteiger partial charge in [-0.3, -0.25) is 4.99 Å². The number of aryl methyl sites for hydroxylation is 2. The smallest absolute Gasteiger partial charge is 0.160 e. The lowest BCUT2D eigenvalue weighted by Gasteiger charge is -2.22. The lowest BCUT2D eigenvalue weighted by atomic mass is 9.81. The molecule has 7 rings (SSSR count). The van der Waals surface area contributed by atoms with Gasteiger partial charge in [0, 0.05) is 34.1 Å². The van der Waals surface area contributed by atoms with E-state index in [1.807, 2.05) is 29.1 Å². The molecule has 0 saturated carbocycles. The number of phenolic OH excluding ortho intramolecular Hbond substituents is 1. The minimum absolute atomic E-state index is 0.188. The number of allylic oxidation sites excluding steroid dienone is 1. The molecule has 0 spiro atoms. The molecule has 0 atom stereocenters. The van der Waals surface area contributed by atoms with E-state index in [9.17, 15) is 5.11 Å². The molecule has 5 aromatic rings. The van der Waals surface area contributed by atoms with Crippen molar-refractivity contribution in [2.75, 3.05) is 5.32 Å². The third-order valence-electron chi connectivity index (χ3n) is 8.18. The Morgan fingerprint density at radius 1 is 0.870 bits per heavy atom. The number of fused-ring (bicyclic) bond motifs is 2. The second-order valence-electron chi connectivity index (χ2n) is 12.6. The Kier molecular flexibility index (Phi) is 9.04. The summed E-state index contributed by atoms with van der Waals surface area (Å²) in [6.07, 6.45) is 8.92. The number of para-hydroxylation sites is 2. The van der Waals surface area contributed by atoms with Gasteiger partial charge in [-0.2, -0.15) is 5.10 Å². The van der Waals surface area contributed by atoms with Crippen LogP contribution in [0.25, 0.3) is 17.3 Å². The summed E-state index contributed by atoms with van der Waals surface area (Å²) >= 11 is 3.47. The van der Waals surface area contributed by atoms with Gasteiger partial charge in [-0.25, -0.2) is 9.66 Å². The summed E-state index contributed by atoms with van der Waals surface area (Å²) in [5.74, 6) is 1.80. The van der Waals surface area contributed by atoms with Gasteiger partial charge in [0.15, 0.2) is 5.82 Å². The average molecular weight is 673 g/mol. The molecule has 232 valence electrons. The fourth-order valence-electron chi connectivity index (χ4n) is 5.93. The van der Waals surface area contributed by atoms with Crippen molar-refractivity contribution in [3.8, 4) is 17.0 Å². The van der Waals surface area contributed by atoms with Crippen LogP contribution in [0.15, 0.2) is 112 Å². The Balaban J connectivity index is 0.000000164. The highest BCUT2D eigenvalue weighted by Gasteiger charge is 2.25. The number of phenols is 1. The van der Waals surface area contributed by atoms with E-state index in [2.05, 4.69) is 127 Å². The van der Waals surface area contributed by atoms with Crippen LogP contribution in [0.5, 0.6) is 5.75 Å². The van der Waals surface area contributed by atoms with Crippen molar-refractivity contribution in [2.24, 2.45) is 15.5 Å². The van der Waals surface area contributed by atoms with Crippen molar-refractivity contribution >= 4 is 51.1 Å². The van der Waals surface area contributed by atoms with E-state index >= 15 is 0 Å². The quantitative estimate of drug-likeness (QED) is 0.195. The monoisotopic (exact) mass is 671 g/mol. The largest absolute Gasteiger partial charge is 0.507 e. The number of nitrogens with zero attached hydrogens (tertiary/aromatic N) is 4. The molecule has 7 heteroatoms. The number of anilines is 2. The Morgan fingerprint density at radius 2 is 1.61 bits per heavy atom. The van der Waals surface area contributed by atoms with Crippen LogP contribution in [0.3, 0.4) is 0 Å². The first-order chi connectivity index (χ1) is 22.2. The molecule has 2 aliphatic rings. The second kappa shape index (κ2) is 13.3. The van der Waals surface area contributed by atoms with E-state index < -0.39 is 0 Å². The summed E-state index contributed by atoms with van der Waals surface area (Å²) in [5.41, 5.74) is 9.76. The number of benzene rings is 4. The number of aromatic nitrogens is 2. The third-order valence-corrected chi connectivity index (χ3v) is 8.68. The zero-order valence-electron chi connectivity index (χ0n) is 26.6. The van der Waals surface area contributed by atoms with Crippen LogP contribution in [-0.2, 0) is 12.8 Å². The van der Waals surface area contributed by atoms with Crippen LogP contribution in [0, 0.1) is 19.3 Å². The molecule has 4 aromatic carbocycles. The van der Waals surface area contributed by atoms with Crippen molar-refractivity contribution < 1.29 is 5.11 Å². The summed E-state index contributed by atoms with van der Waals surface area (Å²) in [6.45, 7) is 8.77. The number of hydrogen-bond donors (Lipinski definition) is 2. The Hall–Kier alpha value is -4.75. The predicted molar refractivity (Wildman–Crippen MR) is 195 cm³/mol. The first-order valence-electron chi connectivity index (χ1n) is 15.5. The molecule has 46 heavy (non-hydrogen) atoms. The van der Waals surface area contributed by atoms with Crippen LogP contribution >= 0.6 is 15.9 Å². The molecule has 2 N–H and O–H groups in total. The van der Waals surface area contributed by atoms with Gasteiger partial charge in [-0.05, 0) is 84.7 Å². The molecule has 6 nitrogen and oxygen atoms in total. The standard InChI is InChI=1S/C20H21N.C19H17BrN4O/c1-20(2)14-17-10-6-7-11-19(17)21-18(15-20)13-12-16-8-4-3-5-9-16;1-11-4-3-5-12(2)17(11)23-19-18(22-16-8-9-21-24(16)19)14-10-13(20)6-7-15(14)25/h3-13H,14-15H2,1-2H3;3-7,9-10,23,25H,8H2,1-2H3/b13-12+;. The highest BCUT2D eigenvalue weighted by atomic mass is 79.9. The van der Waals surface area contributed by atoms with Crippen molar-refractivity contribution in [1.29, 1.82) is 0 Å². The maximum atomic E-state index is 10.3. The molecule has 3 heterocycles. The second-order valence-corrected chi connectivity index (χ2v) is 13.5. The van der Waals surface area contributed by atoms with E-state index in [-0.39, 0.29) is 11.2 Å². The maximum absolute atomic E-state index is 10.3. The molecule has 0 saturated heterocycles. The van der Waals surface area contributed by atoms with Gasteiger partial charge in [0.25, 0.3) is 0 Å². The number of hydrogen-bond acceptors (Lipinski definition) is 5. The van der Waals surface area contributed by atoms with Gasteiger partial charge in [-0.15, -0.1) is 0 Å². The first-order valence-corrected chi connectivity index (χ1v) is 16.3. The van der Waals surface area contributed by atoms with Crippen molar-refractivity contribution in [3.05, 3.63) is 130 Å². The molecule has 0 fully saturated rings. The van der Waals surface area contributed by atoms with Crippen LogP contribution < -0.4 is 5.32 Å². The third kappa shape index (κ3) is 7.05. The van der Waals surface area contributed by atoms with E-state index in [4.69, 9.17) is 9.98 Å². The van der Waals surface area contributed by atoms with Gasteiger partial charge in [-0.1, -0.05) is 103 Å². The molecular weight excluding hydrogens is 634 g/mol. The number of aliphatic imine (C=N–C) groups is 1. The normalized spacial score (nSPS) is 14.6. The number of halogens is 1. The van der Waals surface area contributed by atoms with Gasteiger partial charge < -0.3 is 10.4 Å². The maximum Gasteiger partial charge on any atom is 0.160 e. The predicted octanol–water partition coefficient (Wildman–Crippen LogP) is 10.2. The van der Waals surface area contributed by atoms with Crippen molar-refractivity contribution in [2.45, 2.75) is 47.0 Å². The van der Waals surface area contributed by atoms with Crippen LogP contribution in [0.2, 0.25) is 0 Å². The van der Waals surface area contributed by atoms with E-state index in [0.29, 0.717) is 17.7 Å². The number of rotatable bonds is 5. The number of aromatic hydroxyl groups is 1. The number of nitrogens with one attached hydrogen (secondary N) is 1. The summed E-state index contributed by atoms with van der Waals surface area (Å²) in [4.78, 5) is 9.59. The molecule has 1 aromatic heterocycles. The Labute approximate surface area is 279 Å². The molecule has 0 aliphatic carbocycles. The highest BCUT2D eigenvalue weighted by Crippen LogP contribution is 2.39. The SMILES string of the molecule is CC1(C)CC(/C=C/c2ccccc2)=Nc2ccccc2C1.Cc1cccc(C)c1Nc1c(-c2cc(Br)ccc2O)nc2n1N=CC2. The summed E-state index contributed by atoms with van der Waals surface area (Å²) in [5, 5.41) is 18.3. The first kappa shape index (κ1) is 31.2. The molecule has 0 bridgehead atoms. The molecule has 0 radical (unpaired) electrons. The highest BCUT2D eigenvalue weighted by molar-refractivity contribution is 9.10. The zero-order chi connectivity index (χ0) is 32.3. The molecular formula is C39H38BrN5O. The summed E-state index contributed by atoms with van der Waals surface area (Å²) in [7, 11) is 0. The Bertz CT molecular complexity index is 1950. The molecule has 0 unspecified atom stereocenters. The van der Waals surface area contributed by atoms with Gasteiger partial charge in [0.2, 0.25) is 0 Å². The zero-order valence-corrected chi connectivity index (χ0v) is 28.2.